The van der Waals surface area contributed by atoms with E-state index in [2.05, 4.69) is 14.9 Å². The van der Waals surface area contributed by atoms with Crippen LogP contribution in [-0.4, -0.2) is 56.0 Å². The lowest BCUT2D eigenvalue weighted by Gasteiger charge is -2.45. The Balaban J connectivity index is 1.25. The molecule has 1 amide bonds. The highest BCUT2D eigenvalue weighted by atomic mass is 32.2. The Bertz CT molecular complexity index is 1050. The van der Waals surface area contributed by atoms with E-state index in [1.165, 1.54) is 12.8 Å². The first-order chi connectivity index (χ1) is 14.4. The standard InChI is InChI=1S/C21H26N4O4S/c26-20(18-8-7-16(29-18)15-24-11-3-4-12-24)25-13-9-21(10-14-25)22-17-5-1-2-6-19(17)30(27,28)23-21/h1-2,5-8,22-23H,3-4,9-15H2. The lowest BCUT2D eigenvalue weighted by Crippen LogP contribution is -2.62. The Labute approximate surface area is 176 Å². The minimum absolute atomic E-state index is 0.142. The number of nitrogens with zero attached hydrogens (tertiary/aromatic N) is 2. The van der Waals surface area contributed by atoms with E-state index < -0.39 is 15.7 Å². The number of likely N-dealkylation sites (tertiary alicyclic amines) is 2. The van der Waals surface area contributed by atoms with Crippen LogP contribution in [0.4, 0.5) is 5.69 Å². The van der Waals surface area contributed by atoms with E-state index in [0.29, 0.717) is 37.4 Å². The summed E-state index contributed by atoms with van der Waals surface area (Å²) in [5.41, 5.74) is -0.165. The number of fused-ring (bicyclic) bond motifs is 1. The second kappa shape index (κ2) is 7.40. The van der Waals surface area contributed by atoms with Gasteiger partial charge in [-0.25, -0.2) is 8.42 Å². The van der Waals surface area contributed by atoms with Gasteiger partial charge in [0.2, 0.25) is 10.0 Å². The van der Waals surface area contributed by atoms with Gasteiger partial charge in [0.15, 0.2) is 5.76 Å². The van der Waals surface area contributed by atoms with E-state index in [1.54, 1.807) is 29.2 Å². The van der Waals surface area contributed by atoms with Crippen molar-refractivity contribution >= 4 is 21.6 Å². The summed E-state index contributed by atoms with van der Waals surface area (Å²) in [6.07, 6.45) is 3.38. The Morgan fingerprint density at radius 2 is 1.77 bits per heavy atom. The summed E-state index contributed by atoms with van der Waals surface area (Å²) in [6, 6.07) is 10.5. The average Bonchev–Trinajstić information content (AvgIpc) is 3.40. The maximum absolute atomic E-state index is 12.9. The summed E-state index contributed by atoms with van der Waals surface area (Å²) in [7, 11) is -3.59. The van der Waals surface area contributed by atoms with E-state index in [4.69, 9.17) is 4.42 Å². The molecule has 9 heteroatoms. The molecule has 1 spiro atoms. The van der Waals surface area contributed by atoms with Crippen molar-refractivity contribution in [3.63, 3.8) is 0 Å². The SMILES string of the molecule is O=C(c1ccc(CN2CCCC2)o1)N1CCC2(CC1)Nc1ccccc1S(=O)(=O)N2. The smallest absolute Gasteiger partial charge is 0.289 e. The van der Waals surface area contributed by atoms with Gasteiger partial charge in [-0.05, 0) is 50.2 Å². The number of hydrogen-bond acceptors (Lipinski definition) is 6. The van der Waals surface area contributed by atoms with E-state index in [9.17, 15) is 13.2 Å². The molecule has 0 unspecified atom stereocenters. The highest BCUT2D eigenvalue weighted by molar-refractivity contribution is 7.89. The van der Waals surface area contributed by atoms with Crippen molar-refractivity contribution in [2.45, 2.75) is 42.8 Å². The molecule has 1 aromatic carbocycles. The van der Waals surface area contributed by atoms with Gasteiger partial charge in [0.25, 0.3) is 5.91 Å². The van der Waals surface area contributed by atoms with Gasteiger partial charge < -0.3 is 14.6 Å². The number of anilines is 1. The summed E-state index contributed by atoms with van der Waals surface area (Å²) in [6.45, 7) is 3.77. The molecule has 0 aliphatic carbocycles. The molecule has 0 saturated carbocycles. The first kappa shape index (κ1) is 19.6. The average molecular weight is 431 g/mol. The third-order valence-corrected chi connectivity index (χ3v) is 7.83. The lowest BCUT2D eigenvalue weighted by atomic mass is 9.97. The van der Waals surface area contributed by atoms with Crippen LogP contribution in [0, 0.1) is 0 Å². The molecule has 0 bridgehead atoms. The van der Waals surface area contributed by atoms with Crippen molar-refractivity contribution in [1.29, 1.82) is 0 Å². The zero-order valence-corrected chi connectivity index (χ0v) is 17.6. The van der Waals surface area contributed by atoms with Crippen LogP contribution in [0.3, 0.4) is 0 Å². The molecule has 1 aromatic heterocycles. The molecule has 3 aliphatic heterocycles. The molecular weight excluding hydrogens is 404 g/mol. The largest absolute Gasteiger partial charge is 0.455 e. The van der Waals surface area contributed by atoms with Crippen LogP contribution in [0.5, 0.6) is 0 Å². The molecule has 2 N–H and O–H groups in total. The maximum Gasteiger partial charge on any atom is 0.289 e. The van der Waals surface area contributed by atoms with Gasteiger partial charge in [-0.2, -0.15) is 4.72 Å². The van der Waals surface area contributed by atoms with Gasteiger partial charge in [0.05, 0.1) is 12.2 Å². The molecule has 0 radical (unpaired) electrons. The number of sulfonamides is 1. The third-order valence-electron chi connectivity index (χ3n) is 6.24. The third kappa shape index (κ3) is 3.61. The number of benzene rings is 1. The molecule has 2 aromatic rings. The fourth-order valence-corrected chi connectivity index (χ4v) is 6.16. The lowest BCUT2D eigenvalue weighted by molar-refractivity contribution is 0.0640. The topological polar surface area (TPSA) is 94.9 Å². The Morgan fingerprint density at radius 3 is 2.53 bits per heavy atom. The summed E-state index contributed by atoms with van der Waals surface area (Å²) in [5.74, 6) is 1.02. The van der Waals surface area contributed by atoms with Crippen LogP contribution in [0.15, 0.2) is 45.7 Å². The molecular formula is C21H26N4O4S. The first-order valence-corrected chi connectivity index (χ1v) is 11.9. The number of hydrogen-bond donors (Lipinski definition) is 2. The minimum Gasteiger partial charge on any atom is -0.455 e. The van der Waals surface area contributed by atoms with Crippen molar-refractivity contribution in [2.75, 3.05) is 31.5 Å². The van der Waals surface area contributed by atoms with Gasteiger partial charge in [-0.15, -0.1) is 0 Å². The molecule has 5 rings (SSSR count). The molecule has 0 atom stereocenters. The van der Waals surface area contributed by atoms with Gasteiger partial charge in [0, 0.05) is 25.9 Å². The number of amides is 1. The summed E-state index contributed by atoms with van der Waals surface area (Å²) >= 11 is 0. The minimum atomic E-state index is -3.59. The van der Waals surface area contributed by atoms with Crippen LogP contribution in [0.1, 0.15) is 42.0 Å². The van der Waals surface area contributed by atoms with Crippen molar-refractivity contribution in [2.24, 2.45) is 0 Å². The zero-order chi connectivity index (χ0) is 20.8. The highest BCUT2D eigenvalue weighted by Crippen LogP contribution is 2.35. The second-order valence-corrected chi connectivity index (χ2v) is 10.0. The number of carbonyl (C=O) groups excluding carboxylic acids is 1. The van der Waals surface area contributed by atoms with Crippen LogP contribution in [0.2, 0.25) is 0 Å². The van der Waals surface area contributed by atoms with Crippen molar-refractivity contribution in [3.8, 4) is 0 Å². The summed E-state index contributed by atoms with van der Waals surface area (Å²) < 4.78 is 34.0. The zero-order valence-electron chi connectivity index (χ0n) is 16.8. The number of rotatable bonds is 3. The molecule has 2 saturated heterocycles. The van der Waals surface area contributed by atoms with Crippen LogP contribution in [0.25, 0.3) is 0 Å². The fourth-order valence-electron chi connectivity index (χ4n) is 4.61. The van der Waals surface area contributed by atoms with Crippen molar-refractivity contribution in [1.82, 2.24) is 14.5 Å². The second-order valence-electron chi connectivity index (χ2n) is 8.35. The molecule has 3 aliphatic rings. The Hall–Kier alpha value is -2.36. The number of piperidine rings is 1. The monoisotopic (exact) mass is 430 g/mol. The van der Waals surface area contributed by atoms with E-state index >= 15 is 0 Å². The fraction of sp³-hybridized carbons (Fsp3) is 0.476. The van der Waals surface area contributed by atoms with Crippen LogP contribution < -0.4 is 10.0 Å². The molecule has 2 fully saturated rings. The highest BCUT2D eigenvalue weighted by Gasteiger charge is 2.44. The van der Waals surface area contributed by atoms with E-state index in [1.807, 2.05) is 12.1 Å². The first-order valence-electron chi connectivity index (χ1n) is 10.5. The van der Waals surface area contributed by atoms with Crippen LogP contribution in [-0.2, 0) is 16.6 Å². The molecule has 160 valence electrons. The van der Waals surface area contributed by atoms with Gasteiger partial charge in [-0.1, -0.05) is 12.1 Å². The number of carbonyl (C=O) groups is 1. The predicted molar refractivity (Wildman–Crippen MR) is 111 cm³/mol. The van der Waals surface area contributed by atoms with Gasteiger partial charge in [0.1, 0.15) is 16.3 Å². The van der Waals surface area contributed by atoms with Gasteiger partial charge >= 0.3 is 0 Å². The Kier molecular flexibility index (Phi) is 4.83. The van der Waals surface area contributed by atoms with Gasteiger partial charge in [-0.3, -0.25) is 9.69 Å². The number of furan rings is 1. The normalized spacial score (nSPS) is 22.6. The van der Waals surface area contributed by atoms with Crippen molar-refractivity contribution in [3.05, 3.63) is 47.9 Å². The molecule has 8 nitrogen and oxygen atoms in total. The maximum atomic E-state index is 12.9. The Morgan fingerprint density at radius 1 is 1.03 bits per heavy atom. The summed E-state index contributed by atoms with van der Waals surface area (Å²) in [4.78, 5) is 17.2. The molecule has 30 heavy (non-hydrogen) atoms. The van der Waals surface area contributed by atoms with Crippen molar-refractivity contribution < 1.29 is 17.6 Å². The van der Waals surface area contributed by atoms with E-state index in [-0.39, 0.29) is 10.8 Å². The quantitative estimate of drug-likeness (QED) is 0.775. The van der Waals surface area contributed by atoms with E-state index in [0.717, 1.165) is 25.4 Å². The molecule has 4 heterocycles. The number of nitrogens with one attached hydrogen (secondary N) is 2. The number of para-hydroxylation sites is 1. The summed E-state index contributed by atoms with van der Waals surface area (Å²) in [5, 5.41) is 3.35. The van der Waals surface area contributed by atoms with Crippen LogP contribution >= 0.6 is 0 Å². The predicted octanol–water partition coefficient (Wildman–Crippen LogP) is 2.21.